The largest absolute Gasteiger partial charge is 0.365 e. The van der Waals surface area contributed by atoms with Gasteiger partial charge in [-0.15, -0.1) is 0 Å². The van der Waals surface area contributed by atoms with E-state index >= 15 is 0 Å². The number of unbranched alkanes of at least 4 members (excludes halogenated alkanes) is 6. The minimum Gasteiger partial charge on any atom is -0.313 e. The first-order valence-corrected chi connectivity index (χ1v) is 13.7. The molecule has 4 heteroatoms. The second-order valence-electron chi connectivity index (χ2n) is 9.48. The summed E-state index contributed by atoms with van der Waals surface area (Å²) in [7, 11) is 0. The fourth-order valence-corrected chi connectivity index (χ4v) is 4.25. The molecule has 0 fully saturated rings. The van der Waals surface area contributed by atoms with Gasteiger partial charge in [0.1, 0.15) is 0 Å². The van der Waals surface area contributed by atoms with Gasteiger partial charge < -0.3 is 4.84 Å². The van der Waals surface area contributed by atoms with Gasteiger partial charge in [0.15, 0.2) is 5.78 Å². The average molecular weight is 498 g/mol. The van der Waals surface area contributed by atoms with E-state index in [0.717, 1.165) is 66.5 Å². The lowest BCUT2D eigenvalue weighted by Gasteiger charge is -2.09. The van der Waals surface area contributed by atoms with Gasteiger partial charge in [0.05, 0.1) is 11.3 Å². The van der Waals surface area contributed by atoms with Crippen LogP contribution in [-0.4, -0.2) is 17.5 Å². The van der Waals surface area contributed by atoms with Gasteiger partial charge in [-0.1, -0.05) is 124 Å². The van der Waals surface area contributed by atoms with Crippen molar-refractivity contribution in [1.29, 1.82) is 0 Å². The molecule has 0 unspecified atom stereocenters. The molecule has 3 rings (SSSR count). The molecule has 194 valence electrons. The number of carbonyl (C=O) groups is 2. The van der Waals surface area contributed by atoms with Crippen LogP contribution in [0.2, 0.25) is 0 Å². The summed E-state index contributed by atoms with van der Waals surface area (Å²) < 4.78 is 0. The lowest BCUT2D eigenvalue weighted by atomic mass is 9.97. The summed E-state index contributed by atoms with van der Waals surface area (Å²) in [5, 5.41) is 4.27. The monoisotopic (exact) mass is 497 g/mol. The summed E-state index contributed by atoms with van der Waals surface area (Å²) in [6, 6.07) is 24.9. The van der Waals surface area contributed by atoms with Crippen LogP contribution in [-0.2, 0) is 4.84 Å². The van der Waals surface area contributed by atoms with Gasteiger partial charge in [-0.2, -0.15) is 0 Å². The number of Topliss-reactive ketones (excluding diaryl/α,β-unsaturated/α-hetero) is 1. The molecule has 0 radical (unpaired) electrons. The summed E-state index contributed by atoms with van der Waals surface area (Å²) in [6.07, 6.45) is 10.2. The predicted molar refractivity (Wildman–Crippen MR) is 152 cm³/mol. The van der Waals surface area contributed by atoms with Crippen LogP contribution < -0.4 is 0 Å². The van der Waals surface area contributed by atoms with Crippen molar-refractivity contribution >= 4 is 17.5 Å². The van der Waals surface area contributed by atoms with Crippen molar-refractivity contribution in [1.82, 2.24) is 0 Å². The third-order valence-electron chi connectivity index (χ3n) is 6.53. The first kappa shape index (κ1) is 28.0. The summed E-state index contributed by atoms with van der Waals surface area (Å²) >= 11 is 0. The first-order valence-electron chi connectivity index (χ1n) is 13.7. The summed E-state index contributed by atoms with van der Waals surface area (Å²) in [5.74, 6) is -0.241. The third-order valence-corrected chi connectivity index (χ3v) is 6.53. The topological polar surface area (TPSA) is 55.7 Å². The Bertz CT molecular complexity index is 1130. The highest BCUT2D eigenvalue weighted by Gasteiger charge is 2.11. The molecule has 0 bridgehead atoms. The summed E-state index contributed by atoms with van der Waals surface area (Å²) in [4.78, 5) is 30.2. The molecule has 3 aromatic carbocycles. The molecular weight excluding hydrogens is 458 g/mol. The van der Waals surface area contributed by atoms with Crippen molar-refractivity contribution in [2.45, 2.75) is 78.1 Å². The lowest BCUT2D eigenvalue weighted by molar-refractivity contribution is 0.0515. The molecule has 0 atom stereocenters. The Morgan fingerprint density at radius 2 is 1.14 bits per heavy atom. The summed E-state index contributed by atoms with van der Waals surface area (Å²) in [5.41, 5.74) is 5.10. The Morgan fingerprint density at radius 3 is 1.70 bits per heavy atom. The number of oxime groups is 1. The van der Waals surface area contributed by atoms with Crippen LogP contribution in [0.4, 0.5) is 0 Å². The Balaban J connectivity index is 1.68. The van der Waals surface area contributed by atoms with Gasteiger partial charge in [0.25, 0.3) is 0 Å². The van der Waals surface area contributed by atoms with Crippen LogP contribution >= 0.6 is 0 Å². The number of benzene rings is 3. The quantitative estimate of drug-likeness (QED) is 0.0692. The van der Waals surface area contributed by atoms with Gasteiger partial charge in [0, 0.05) is 12.0 Å². The zero-order valence-electron chi connectivity index (χ0n) is 22.2. The summed E-state index contributed by atoms with van der Waals surface area (Å²) in [6.45, 7) is 4.36. The molecule has 0 amide bonds. The maximum absolute atomic E-state index is 12.5. The first-order chi connectivity index (χ1) is 18.1. The minimum absolute atomic E-state index is 0.215. The third kappa shape index (κ3) is 9.13. The Hall–Kier alpha value is -3.53. The Labute approximate surface area is 221 Å². The van der Waals surface area contributed by atoms with E-state index in [1.807, 2.05) is 42.5 Å². The number of hydrogen-bond donors (Lipinski definition) is 0. The zero-order chi connectivity index (χ0) is 26.3. The van der Waals surface area contributed by atoms with Crippen LogP contribution in [0.3, 0.4) is 0 Å². The van der Waals surface area contributed by atoms with Gasteiger partial charge >= 0.3 is 5.97 Å². The van der Waals surface area contributed by atoms with E-state index in [-0.39, 0.29) is 5.78 Å². The van der Waals surface area contributed by atoms with E-state index in [1.165, 1.54) is 19.3 Å². The molecule has 0 spiro atoms. The molecule has 3 aromatic rings. The number of hydrogen-bond acceptors (Lipinski definition) is 4. The Morgan fingerprint density at radius 1 is 0.595 bits per heavy atom. The van der Waals surface area contributed by atoms with E-state index in [9.17, 15) is 9.59 Å². The maximum Gasteiger partial charge on any atom is 0.365 e. The van der Waals surface area contributed by atoms with Crippen LogP contribution in [0.1, 0.15) is 104 Å². The van der Waals surface area contributed by atoms with Crippen molar-refractivity contribution in [3.05, 3.63) is 95.6 Å². The molecule has 0 aliphatic heterocycles. The zero-order valence-corrected chi connectivity index (χ0v) is 22.2. The van der Waals surface area contributed by atoms with E-state index in [0.29, 0.717) is 12.0 Å². The van der Waals surface area contributed by atoms with Crippen molar-refractivity contribution in [2.75, 3.05) is 0 Å². The highest BCUT2D eigenvalue weighted by Crippen LogP contribution is 2.22. The van der Waals surface area contributed by atoms with Crippen molar-refractivity contribution in [3.63, 3.8) is 0 Å². The standard InChI is InChI=1S/C33H39NO3/c1-3-5-7-12-16-31(34-37-33(36)30-14-10-9-11-15-30)28-22-18-26(19-23-28)27-20-24-29(25-21-27)32(35)17-13-8-6-4-2/h9-11,14-15,18-25H,3-8,12-13,16-17H2,1-2H3. The van der Waals surface area contributed by atoms with Crippen LogP contribution in [0.25, 0.3) is 11.1 Å². The molecule has 0 aliphatic rings. The van der Waals surface area contributed by atoms with Gasteiger partial charge in [-0.25, -0.2) is 4.79 Å². The number of nitrogens with zero attached hydrogens (tertiary/aromatic N) is 1. The Kier molecular flexibility index (Phi) is 11.8. The fraction of sp³-hybridized carbons (Fsp3) is 0.364. The second-order valence-corrected chi connectivity index (χ2v) is 9.48. The van der Waals surface area contributed by atoms with Crippen LogP contribution in [0.5, 0.6) is 0 Å². The molecule has 0 saturated heterocycles. The smallest absolute Gasteiger partial charge is 0.313 e. The normalized spacial score (nSPS) is 11.4. The van der Waals surface area contributed by atoms with Gasteiger partial charge in [0.2, 0.25) is 0 Å². The van der Waals surface area contributed by atoms with Gasteiger partial charge in [-0.3, -0.25) is 4.79 Å². The molecule has 4 nitrogen and oxygen atoms in total. The predicted octanol–water partition coefficient (Wildman–Crippen LogP) is 9.04. The number of carbonyl (C=O) groups excluding carboxylic acids is 2. The maximum atomic E-state index is 12.5. The number of ketones is 1. The van der Waals surface area contributed by atoms with E-state index < -0.39 is 5.97 Å². The molecule has 0 aliphatic carbocycles. The van der Waals surface area contributed by atoms with E-state index in [4.69, 9.17) is 4.84 Å². The number of rotatable bonds is 15. The SMILES string of the molecule is CCCCCCC(=O)c1ccc(-c2ccc(C(CCCCCC)=NOC(=O)c3ccccc3)cc2)cc1. The molecule has 0 saturated carbocycles. The van der Waals surface area contributed by atoms with Gasteiger partial charge in [-0.05, 0) is 48.1 Å². The van der Waals surface area contributed by atoms with Crippen LogP contribution in [0.15, 0.2) is 84.0 Å². The van der Waals surface area contributed by atoms with Crippen molar-refractivity contribution in [3.8, 4) is 11.1 Å². The second kappa shape index (κ2) is 15.6. The highest BCUT2D eigenvalue weighted by atomic mass is 16.7. The van der Waals surface area contributed by atoms with E-state index in [1.54, 1.807) is 24.3 Å². The molecule has 0 N–H and O–H groups in total. The van der Waals surface area contributed by atoms with Crippen molar-refractivity contribution in [2.24, 2.45) is 5.16 Å². The molecule has 37 heavy (non-hydrogen) atoms. The molecule has 0 aromatic heterocycles. The van der Waals surface area contributed by atoms with Crippen molar-refractivity contribution < 1.29 is 14.4 Å². The average Bonchev–Trinajstić information content (AvgIpc) is 2.95. The minimum atomic E-state index is -0.455. The molecule has 0 heterocycles. The fourth-order valence-electron chi connectivity index (χ4n) is 4.25. The van der Waals surface area contributed by atoms with Crippen LogP contribution in [0, 0.1) is 0 Å². The van der Waals surface area contributed by atoms with E-state index in [2.05, 4.69) is 31.1 Å². The molecular formula is C33H39NO3. The highest BCUT2D eigenvalue weighted by molar-refractivity contribution is 6.01. The lowest BCUT2D eigenvalue weighted by Crippen LogP contribution is -2.06.